The maximum absolute atomic E-state index is 13.7. The largest absolute Gasteiger partial charge is 0.497 e. The van der Waals surface area contributed by atoms with Crippen molar-refractivity contribution >= 4 is 26.8 Å². The highest BCUT2D eigenvalue weighted by Crippen LogP contribution is 2.29. The summed E-state index contributed by atoms with van der Waals surface area (Å²) >= 11 is 0. The Morgan fingerprint density at radius 2 is 1.62 bits per heavy atom. The van der Waals surface area contributed by atoms with Crippen LogP contribution in [0.5, 0.6) is 5.75 Å². The van der Waals surface area contributed by atoms with Gasteiger partial charge in [-0.3, -0.25) is 4.79 Å². The Morgan fingerprint density at radius 1 is 0.929 bits per heavy atom. The van der Waals surface area contributed by atoms with Crippen molar-refractivity contribution in [2.75, 3.05) is 40.5 Å². The molecule has 12 heteroatoms. The van der Waals surface area contributed by atoms with Gasteiger partial charge in [-0.1, -0.05) is 30.3 Å². The van der Waals surface area contributed by atoms with Crippen molar-refractivity contribution < 1.29 is 35.9 Å². The van der Waals surface area contributed by atoms with Crippen molar-refractivity contribution in [2.45, 2.75) is 24.0 Å². The first-order valence-corrected chi connectivity index (χ1v) is 14.6. The fraction of sp³-hybridized carbons (Fsp3) is 0.300. The van der Waals surface area contributed by atoms with Gasteiger partial charge in [0.15, 0.2) is 0 Å². The summed E-state index contributed by atoms with van der Waals surface area (Å²) in [6.07, 6.45) is -2.19. The number of sulfonamides is 1. The Labute approximate surface area is 242 Å². The molecule has 1 amide bonds. The van der Waals surface area contributed by atoms with Gasteiger partial charge in [0.05, 0.1) is 30.7 Å². The Bertz CT molecular complexity index is 1590. The highest BCUT2D eigenvalue weighted by molar-refractivity contribution is 7.89. The molecule has 3 aromatic carbocycles. The monoisotopic (exact) mass is 603 g/mol. The Kier molecular flexibility index (Phi) is 9.92. The number of amides is 1. The minimum atomic E-state index is -4.49. The van der Waals surface area contributed by atoms with Crippen molar-refractivity contribution in [1.82, 2.24) is 14.2 Å². The molecule has 8 nitrogen and oxygen atoms in total. The first-order chi connectivity index (χ1) is 20.0. The van der Waals surface area contributed by atoms with E-state index in [-0.39, 0.29) is 31.1 Å². The van der Waals surface area contributed by atoms with E-state index in [1.54, 1.807) is 0 Å². The van der Waals surface area contributed by atoms with E-state index < -0.39 is 34.2 Å². The lowest BCUT2D eigenvalue weighted by molar-refractivity contribution is -0.137. The Hall–Kier alpha value is -3.87. The zero-order chi connectivity index (χ0) is 30.3. The summed E-state index contributed by atoms with van der Waals surface area (Å²) in [7, 11) is -1.19. The summed E-state index contributed by atoms with van der Waals surface area (Å²) in [5.74, 6) is -0.0172. The zero-order valence-corrected chi connectivity index (χ0v) is 24.0. The average Bonchev–Trinajstić information content (AvgIpc) is 3.40. The standard InChI is InChI=1S/C30H32F3N3O5S/c1-40-18-17-36(42(38,39)26-13-11-25(41-2)12-14-26)21-29(37)35(20-22-7-9-24(10-8-22)30(31,32)33)16-15-23-19-34-28-6-4-3-5-27(23)28/h3-14,19,34H,15-18,20-21H2,1-2H3. The number of aromatic amines is 1. The third-order valence-corrected chi connectivity index (χ3v) is 8.75. The maximum atomic E-state index is 13.7. The molecular weight excluding hydrogens is 571 g/mol. The average molecular weight is 604 g/mol. The summed E-state index contributed by atoms with van der Waals surface area (Å²) in [6, 6.07) is 18.1. The van der Waals surface area contributed by atoms with E-state index in [9.17, 15) is 26.4 Å². The number of carbonyl (C=O) groups excluding carboxylic acids is 1. The number of halogens is 3. The van der Waals surface area contributed by atoms with E-state index in [2.05, 4.69) is 4.98 Å². The van der Waals surface area contributed by atoms with E-state index in [1.165, 1.54) is 55.5 Å². The van der Waals surface area contributed by atoms with E-state index in [4.69, 9.17) is 9.47 Å². The first-order valence-electron chi connectivity index (χ1n) is 13.1. The molecule has 224 valence electrons. The minimum Gasteiger partial charge on any atom is -0.497 e. The molecule has 0 fully saturated rings. The van der Waals surface area contributed by atoms with Gasteiger partial charge in [-0.05, 0) is 60.0 Å². The Balaban J connectivity index is 1.59. The summed E-state index contributed by atoms with van der Waals surface area (Å²) in [6.45, 7) is -0.293. The van der Waals surface area contributed by atoms with Crippen LogP contribution in [-0.4, -0.2) is 69.0 Å². The molecule has 42 heavy (non-hydrogen) atoms. The number of benzene rings is 3. The van der Waals surface area contributed by atoms with Gasteiger partial charge in [-0.25, -0.2) is 8.42 Å². The van der Waals surface area contributed by atoms with Crippen molar-refractivity contribution in [3.63, 3.8) is 0 Å². The lowest BCUT2D eigenvalue weighted by Crippen LogP contribution is -2.44. The molecule has 0 saturated carbocycles. The molecule has 0 radical (unpaired) electrons. The second kappa shape index (κ2) is 13.4. The number of H-pyrrole nitrogens is 1. The number of rotatable bonds is 13. The zero-order valence-electron chi connectivity index (χ0n) is 23.2. The number of nitrogens with zero attached hydrogens (tertiary/aromatic N) is 2. The number of fused-ring (bicyclic) bond motifs is 1. The molecule has 4 rings (SSSR count). The van der Waals surface area contributed by atoms with Crippen molar-refractivity contribution in [2.24, 2.45) is 0 Å². The van der Waals surface area contributed by atoms with Crippen LogP contribution in [0, 0.1) is 0 Å². The van der Waals surface area contributed by atoms with Gasteiger partial charge in [0.1, 0.15) is 5.75 Å². The molecule has 4 aromatic rings. The van der Waals surface area contributed by atoms with E-state index >= 15 is 0 Å². The van der Waals surface area contributed by atoms with Crippen LogP contribution >= 0.6 is 0 Å². The number of alkyl halides is 3. The minimum absolute atomic E-state index is 0.0000269. The van der Waals surface area contributed by atoms with Crippen molar-refractivity contribution in [3.8, 4) is 5.75 Å². The van der Waals surface area contributed by atoms with Crippen LogP contribution < -0.4 is 4.74 Å². The third-order valence-electron chi connectivity index (χ3n) is 6.89. The fourth-order valence-electron chi connectivity index (χ4n) is 4.53. The van der Waals surface area contributed by atoms with Crippen molar-refractivity contribution in [3.05, 3.63) is 95.7 Å². The number of para-hydroxylation sites is 1. The molecule has 0 aliphatic heterocycles. The molecular formula is C30H32F3N3O5S. The number of hydrogen-bond donors (Lipinski definition) is 1. The molecule has 0 aliphatic rings. The van der Waals surface area contributed by atoms with E-state index in [0.29, 0.717) is 17.7 Å². The van der Waals surface area contributed by atoms with Crippen LogP contribution in [0.15, 0.2) is 83.9 Å². The van der Waals surface area contributed by atoms with Gasteiger partial charge >= 0.3 is 6.18 Å². The number of hydrogen-bond acceptors (Lipinski definition) is 5. The van der Waals surface area contributed by atoms with Gasteiger partial charge in [-0.15, -0.1) is 0 Å². The molecule has 0 bridgehead atoms. The van der Waals surface area contributed by atoms with Crippen LogP contribution in [0.25, 0.3) is 10.9 Å². The summed E-state index contributed by atoms with van der Waals surface area (Å²) in [4.78, 5) is 18.4. The molecule has 0 aliphatic carbocycles. The second-order valence-corrected chi connectivity index (χ2v) is 11.6. The van der Waals surface area contributed by atoms with Crippen LogP contribution in [0.1, 0.15) is 16.7 Å². The highest BCUT2D eigenvalue weighted by Gasteiger charge is 2.31. The molecule has 0 unspecified atom stereocenters. The second-order valence-electron chi connectivity index (χ2n) is 9.63. The predicted octanol–water partition coefficient (Wildman–Crippen LogP) is 5.10. The van der Waals surface area contributed by atoms with E-state index in [0.717, 1.165) is 32.9 Å². The number of ether oxygens (including phenoxy) is 2. The van der Waals surface area contributed by atoms with Crippen molar-refractivity contribution in [1.29, 1.82) is 0 Å². The highest BCUT2D eigenvalue weighted by atomic mass is 32.2. The summed E-state index contributed by atoms with van der Waals surface area (Å²) in [5.41, 5.74) is 1.58. The van der Waals surface area contributed by atoms with Gasteiger partial charge in [-0.2, -0.15) is 17.5 Å². The fourth-order valence-corrected chi connectivity index (χ4v) is 5.90. The number of carbonyl (C=O) groups is 1. The van der Waals surface area contributed by atoms with Crippen LogP contribution in [0.3, 0.4) is 0 Å². The summed E-state index contributed by atoms with van der Waals surface area (Å²) < 4.78 is 77.6. The van der Waals surface area contributed by atoms with Gasteiger partial charge in [0.25, 0.3) is 0 Å². The molecule has 0 saturated heterocycles. The molecule has 0 spiro atoms. The van der Waals surface area contributed by atoms with Gasteiger partial charge < -0.3 is 19.4 Å². The third kappa shape index (κ3) is 7.50. The van der Waals surface area contributed by atoms with Crippen LogP contribution in [-0.2, 0) is 38.7 Å². The number of nitrogens with one attached hydrogen (secondary N) is 1. The lowest BCUT2D eigenvalue weighted by Gasteiger charge is -2.27. The summed E-state index contributed by atoms with van der Waals surface area (Å²) in [5, 5.41) is 0.989. The van der Waals surface area contributed by atoms with E-state index in [1.807, 2.05) is 30.5 Å². The smallest absolute Gasteiger partial charge is 0.416 e. The first kappa shape index (κ1) is 31.1. The van der Waals surface area contributed by atoms with Crippen LogP contribution in [0.2, 0.25) is 0 Å². The van der Waals surface area contributed by atoms with Gasteiger partial charge in [0.2, 0.25) is 15.9 Å². The Morgan fingerprint density at radius 3 is 2.26 bits per heavy atom. The molecule has 0 atom stereocenters. The number of methoxy groups -OCH3 is 2. The normalized spacial score (nSPS) is 12.1. The lowest BCUT2D eigenvalue weighted by atomic mass is 10.1. The topological polar surface area (TPSA) is 91.9 Å². The van der Waals surface area contributed by atoms with Gasteiger partial charge in [0, 0.05) is 43.8 Å². The van der Waals surface area contributed by atoms with Crippen LogP contribution in [0.4, 0.5) is 13.2 Å². The maximum Gasteiger partial charge on any atom is 0.416 e. The quantitative estimate of drug-likeness (QED) is 0.230. The molecule has 1 N–H and O–H groups in total. The SMILES string of the molecule is COCCN(CC(=O)N(CCc1c[nH]c2ccccc12)Cc1ccc(C(F)(F)F)cc1)S(=O)(=O)c1ccc(OC)cc1. The number of aromatic nitrogens is 1. The molecule has 1 aromatic heterocycles. The molecule has 1 heterocycles. The predicted molar refractivity (Wildman–Crippen MR) is 152 cm³/mol.